The first-order chi connectivity index (χ1) is 15.4. The second kappa shape index (κ2) is 10.4. The number of halogens is 1. The average Bonchev–Trinajstić information content (AvgIpc) is 2.80. The summed E-state index contributed by atoms with van der Waals surface area (Å²) >= 11 is 0. The van der Waals surface area contributed by atoms with Crippen molar-refractivity contribution in [1.82, 2.24) is 5.32 Å². The number of hydrogen-bond donors (Lipinski definition) is 2. The largest absolute Gasteiger partial charge is 0.496 e. The van der Waals surface area contributed by atoms with Gasteiger partial charge in [0.15, 0.2) is 0 Å². The van der Waals surface area contributed by atoms with Crippen LogP contribution in [-0.4, -0.2) is 24.1 Å². The van der Waals surface area contributed by atoms with E-state index < -0.39 is 11.9 Å². The number of carboxylic acids is 1. The highest BCUT2D eigenvalue weighted by atomic mass is 19.1. The number of amides is 1. The van der Waals surface area contributed by atoms with E-state index in [0.717, 1.165) is 5.56 Å². The third kappa shape index (κ3) is 5.63. The van der Waals surface area contributed by atoms with Gasteiger partial charge in [0.2, 0.25) is 0 Å². The fraction of sp³-hybridized carbons (Fsp3) is 0.200. The molecule has 0 radical (unpaired) electrons. The van der Waals surface area contributed by atoms with Crippen molar-refractivity contribution < 1.29 is 28.6 Å². The Hall–Kier alpha value is -3.87. The van der Waals surface area contributed by atoms with E-state index >= 15 is 0 Å². The molecule has 0 aliphatic carbocycles. The van der Waals surface area contributed by atoms with Crippen LogP contribution in [0.4, 0.5) is 4.39 Å². The number of methoxy groups -OCH3 is 1. The molecule has 0 aliphatic heterocycles. The maximum atomic E-state index is 13.0. The number of hydrogen-bond acceptors (Lipinski definition) is 4. The van der Waals surface area contributed by atoms with Gasteiger partial charge in [-0.1, -0.05) is 25.1 Å². The van der Waals surface area contributed by atoms with Gasteiger partial charge in [-0.2, -0.15) is 0 Å². The highest BCUT2D eigenvalue weighted by Gasteiger charge is 2.21. The average molecular weight is 437 g/mol. The van der Waals surface area contributed by atoms with Crippen molar-refractivity contribution in [3.8, 4) is 17.2 Å². The topological polar surface area (TPSA) is 84.9 Å². The number of aliphatic carboxylic acids is 1. The molecule has 1 amide bonds. The Bertz CT molecular complexity index is 1080. The summed E-state index contributed by atoms with van der Waals surface area (Å²) in [6, 6.07) is 17.7. The predicted molar refractivity (Wildman–Crippen MR) is 118 cm³/mol. The minimum Gasteiger partial charge on any atom is -0.496 e. The molecular formula is C25H24FNO5. The number of nitrogens with one attached hydrogen (secondary N) is 1. The standard InChI is InChI=1S/C25H24FNO5/c1-3-21(25(29)30)17-6-13-23(31-2)22(14-17)24(28)27-15-16-4-9-19(10-5-16)32-20-11-7-18(26)8-12-20/h4-14,21H,3,15H2,1-2H3,(H,27,28)(H,29,30)/t21-/m0/s1. The van der Waals surface area contributed by atoms with Gasteiger partial charge >= 0.3 is 5.97 Å². The maximum absolute atomic E-state index is 13.0. The smallest absolute Gasteiger partial charge is 0.310 e. The zero-order valence-corrected chi connectivity index (χ0v) is 17.8. The molecular weight excluding hydrogens is 413 g/mol. The molecule has 1 atom stereocenters. The number of benzene rings is 3. The van der Waals surface area contributed by atoms with Gasteiger partial charge in [0.05, 0.1) is 18.6 Å². The van der Waals surface area contributed by atoms with Gasteiger partial charge in [0.1, 0.15) is 23.1 Å². The monoisotopic (exact) mass is 437 g/mol. The van der Waals surface area contributed by atoms with Crippen LogP contribution in [0.3, 0.4) is 0 Å². The van der Waals surface area contributed by atoms with Crippen molar-refractivity contribution in [2.45, 2.75) is 25.8 Å². The van der Waals surface area contributed by atoms with Crippen molar-refractivity contribution in [2.75, 3.05) is 7.11 Å². The lowest BCUT2D eigenvalue weighted by atomic mass is 9.94. The van der Waals surface area contributed by atoms with Crippen LogP contribution >= 0.6 is 0 Å². The predicted octanol–water partition coefficient (Wildman–Crippen LogP) is 5.13. The molecule has 0 unspecified atom stereocenters. The zero-order chi connectivity index (χ0) is 23.1. The molecule has 3 aromatic carbocycles. The van der Waals surface area contributed by atoms with Crippen molar-refractivity contribution in [3.05, 3.63) is 89.2 Å². The number of carbonyl (C=O) groups excluding carboxylic acids is 1. The van der Waals surface area contributed by atoms with Crippen LogP contribution in [0.15, 0.2) is 66.7 Å². The van der Waals surface area contributed by atoms with Gasteiger partial charge in [-0.15, -0.1) is 0 Å². The maximum Gasteiger partial charge on any atom is 0.310 e. The Morgan fingerprint density at radius 3 is 2.19 bits per heavy atom. The Morgan fingerprint density at radius 1 is 1.00 bits per heavy atom. The van der Waals surface area contributed by atoms with Crippen LogP contribution in [0.2, 0.25) is 0 Å². The van der Waals surface area contributed by atoms with Crippen LogP contribution < -0.4 is 14.8 Å². The lowest BCUT2D eigenvalue weighted by Gasteiger charge is -2.15. The molecule has 3 aromatic rings. The summed E-state index contributed by atoms with van der Waals surface area (Å²) in [5.41, 5.74) is 1.67. The second-order valence-electron chi connectivity index (χ2n) is 7.14. The van der Waals surface area contributed by atoms with Crippen LogP contribution in [0, 0.1) is 5.82 Å². The molecule has 6 nitrogen and oxygen atoms in total. The molecule has 0 saturated carbocycles. The minimum atomic E-state index is -0.938. The molecule has 0 saturated heterocycles. The summed E-state index contributed by atoms with van der Waals surface area (Å²) < 4.78 is 23.9. The molecule has 7 heteroatoms. The summed E-state index contributed by atoms with van der Waals surface area (Å²) in [5.74, 6) is -0.858. The Labute approximate surface area is 185 Å². The molecule has 0 spiro atoms. The molecule has 0 aromatic heterocycles. The first-order valence-electron chi connectivity index (χ1n) is 10.1. The van der Waals surface area contributed by atoms with Crippen molar-refractivity contribution in [1.29, 1.82) is 0 Å². The number of ether oxygens (including phenoxy) is 2. The van der Waals surface area contributed by atoms with E-state index in [1.807, 2.05) is 12.1 Å². The molecule has 32 heavy (non-hydrogen) atoms. The fourth-order valence-corrected chi connectivity index (χ4v) is 3.26. The summed E-state index contributed by atoms with van der Waals surface area (Å²) in [4.78, 5) is 24.2. The minimum absolute atomic E-state index is 0.263. The first-order valence-corrected chi connectivity index (χ1v) is 10.1. The number of carbonyl (C=O) groups is 2. The van der Waals surface area contributed by atoms with Gasteiger partial charge in [-0.25, -0.2) is 4.39 Å². The Balaban J connectivity index is 1.67. The van der Waals surface area contributed by atoms with Crippen LogP contribution in [0.5, 0.6) is 17.2 Å². The van der Waals surface area contributed by atoms with Crippen molar-refractivity contribution in [2.24, 2.45) is 0 Å². The lowest BCUT2D eigenvalue weighted by molar-refractivity contribution is -0.138. The van der Waals surface area contributed by atoms with Crippen molar-refractivity contribution >= 4 is 11.9 Å². The number of carboxylic acid groups (broad SMARTS) is 1. The lowest BCUT2D eigenvalue weighted by Crippen LogP contribution is -2.24. The van der Waals surface area contributed by atoms with Gasteiger partial charge in [-0.05, 0) is 66.1 Å². The van der Waals surface area contributed by atoms with E-state index in [1.54, 1.807) is 49.4 Å². The summed E-state index contributed by atoms with van der Waals surface area (Å²) in [5, 5.41) is 12.2. The normalized spacial score (nSPS) is 11.5. The van der Waals surface area contributed by atoms with E-state index in [1.165, 1.54) is 19.2 Å². The third-order valence-corrected chi connectivity index (χ3v) is 5.00. The molecule has 2 N–H and O–H groups in total. The van der Waals surface area contributed by atoms with E-state index in [9.17, 15) is 19.1 Å². The Morgan fingerprint density at radius 2 is 1.62 bits per heavy atom. The fourth-order valence-electron chi connectivity index (χ4n) is 3.26. The molecule has 3 rings (SSSR count). The third-order valence-electron chi connectivity index (χ3n) is 5.00. The quantitative estimate of drug-likeness (QED) is 0.485. The number of rotatable bonds is 9. The van der Waals surface area contributed by atoms with Gasteiger partial charge in [-0.3, -0.25) is 9.59 Å². The molecule has 0 fully saturated rings. The van der Waals surface area contributed by atoms with Crippen LogP contribution in [0.1, 0.15) is 40.7 Å². The summed E-state index contributed by atoms with van der Waals surface area (Å²) in [6.07, 6.45) is 0.412. The van der Waals surface area contributed by atoms with Gasteiger partial charge in [0.25, 0.3) is 5.91 Å². The van der Waals surface area contributed by atoms with Gasteiger partial charge in [0, 0.05) is 6.54 Å². The molecule has 0 bridgehead atoms. The first kappa shape index (κ1) is 22.8. The SMILES string of the molecule is CC[C@H](C(=O)O)c1ccc(OC)c(C(=O)NCc2ccc(Oc3ccc(F)cc3)cc2)c1. The van der Waals surface area contributed by atoms with E-state index in [-0.39, 0.29) is 23.8 Å². The second-order valence-corrected chi connectivity index (χ2v) is 7.14. The van der Waals surface area contributed by atoms with E-state index in [2.05, 4.69) is 5.32 Å². The molecule has 0 aliphatic rings. The highest BCUT2D eigenvalue weighted by Crippen LogP contribution is 2.27. The van der Waals surface area contributed by atoms with Crippen LogP contribution in [0.25, 0.3) is 0 Å². The van der Waals surface area contributed by atoms with Crippen LogP contribution in [-0.2, 0) is 11.3 Å². The highest BCUT2D eigenvalue weighted by molar-refractivity contribution is 5.97. The molecule has 166 valence electrons. The Kier molecular flexibility index (Phi) is 7.44. The summed E-state index contributed by atoms with van der Waals surface area (Å²) in [6.45, 7) is 2.05. The van der Waals surface area contributed by atoms with Crippen molar-refractivity contribution in [3.63, 3.8) is 0 Å². The zero-order valence-electron chi connectivity index (χ0n) is 17.8. The molecule has 0 heterocycles. The summed E-state index contributed by atoms with van der Waals surface area (Å²) in [7, 11) is 1.46. The van der Waals surface area contributed by atoms with E-state index in [0.29, 0.717) is 29.2 Å². The van der Waals surface area contributed by atoms with E-state index in [4.69, 9.17) is 9.47 Å². The van der Waals surface area contributed by atoms with Gasteiger partial charge < -0.3 is 19.9 Å².